The molecule has 0 aliphatic heterocycles. The summed E-state index contributed by atoms with van der Waals surface area (Å²) in [4.78, 5) is 12.4. The summed E-state index contributed by atoms with van der Waals surface area (Å²) < 4.78 is 43.3. The third-order valence-corrected chi connectivity index (χ3v) is 6.01. The average molecular weight is 415 g/mol. The smallest absolute Gasteiger partial charge is 0.337 e. The maximum absolute atomic E-state index is 12.8. The minimum atomic E-state index is -4.00. The van der Waals surface area contributed by atoms with E-state index in [1.54, 1.807) is 0 Å². The van der Waals surface area contributed by atoms with Gasteiger partial charge in [-0.25, -0.2) is 17.9 Å². The van der Waals surface area contributed by atoms with Gasteiger partial charge in [0.1, 0.15) is 16.7 Å². The molecule has 2 rings (SSSR count). The van der Waals surface area contributed by atoms with Crippen molar-refractivity contribution >= 4 is 27.3 Å². The second kappa shape index (κ2) is 9.81. The lowest BCUT2D eigenvalue weighted by atomic mass is 10.2. The van der Waals surface area contributed by atoms with Gasteiger partial charge in [0.05, 0.1) is 33.0 Å². The first-order valence-corrected chi connectivity index (χ1v) is 10.3. The van der Waals surface area contributed by atoms with Crippen LogP contribution < -0.4 is 9.46 Å². The molecule has 8 nitrogen and oxygen atoms in total. The van der Waals surface area contributed by atoms with Gasteiger partial charge in [0.25, 0.3) is 0 Å². The second-order valence-electron chi connectivity index (χ2n) is 5.31. The summed E-state index contributed by atoms with van der Waals surface area (Å²) in [5.74, 6) is -0.559. The van der Waals surface area contributed by atoms with Gasteiger partial charge in [-0.3, -0.25) is 0 Å². The molecule has 0 saturated heterocycles. The molecule has 0 bridgehead atoms. The number of benzene rings is 1. The molecular weight excluding hydrogens is 394 g/mol. The zero-order valence-electron chi connectivity index (χ0n) is 14.9. The molecule has 0 fully saturated rings. The fourth-order valence-electron chi connectivity index (χ4n) is 2.31. The van der Waals surface area contributed by atoms with Crippen molar-refractivity contribution in [2.45, 2.75) is 11.0 Å². The van der Waals surface area contributed by atoms with E-state index >= 15 is 0 Å². The zero-order valence-corrected chi connectivity index (χ0v) is 16.5. The number of ether oxygens (including phenoxy) is 3. The van der Waals surface area contributed by atoms with E-state index in [2.05, 4.69) is 9.46 Å². The molecule has 1 aromatic carbocycles. The minimum Gasteiger partial charge on any atom is -0.495 e. The standard InChI is InChI=1S/C17H21NO7S2/c1-23-13-6-5-12(17(20)24-2)10-16(13)27(21,22)18-11-14(25-8-7-19)15-4-3-9-26-15/h3-6,9-10,14,18-19H,7-8,11H2,1-2H3/t14-/m1/s1. The van der Waals surface area contributed by atoms with Crippen LogP contribution in [0.5, 0.6) is 5.75 Å². The van der Waals surface area contributed by atoms with E-state index in [4.69, 9.17) is 14.6 Å². The van der Waals surface area contributed by atoms with Gasteiger partial charge in [0.15, 0.2) is 0 Å². The van der Waals surface area contributed by atoms with Crippen molar-refractivity contribution in [1.29, 1.82) is 0 Å². The molecule has 10 heteroatoms. The monoisotopic (exact) mass is 415 g/mol. The fourth-order valence-corrected chi connectivity index (χ4v) is 4.30. The van der Waals surface area contributed by atoms with Crippen molar-refractivity contribution in [3.05, 3.63) is 46.2 Å². The predicted molar refractivity (Wildman–Crippen MR) is 99.6 cm³/mol. The van der Waals surface area contributed by atoms with Crippen LogP contribution in [0.3, 0.4) is 0 Å². The highest BCUT2D eigenvalue weighted by Crippen LogP contribution is 2.27. The summed E-state index contributed by atoms with van der Waals surface area (Å²) in [7, 11) is -1.45. The Morgan fingerprint density at radius 1 is 1.30 bits per heavy atom. The number of thiophene rings is 1. The molecule has 148 valence electrons. The van der Waals surface area contributed by atoms with Crippen LogP contribution in [0.25, 0.3) is 0 Å². The largest absolute Gasteiger partial charge is 0.495 e. The minimum absolute atomic E-state index is 0.0472. The molecule has 0 amide bonds. The van der Waals surface area contributed by atoms with E-state index in [1.165, 1.54) is 43.8 Å². The molecule has 1 aromatic heterocycles. The third kappa shape index (κ3) is 5.50. The van der Waals surface area contributed by atoms with E-state index in [-0.39, 0.29) is 36.0 Å². The number of esters is 1. The number of aliphatic hydroxyl groups excluding tert-OH is 1. The molecule has 0 radical (unpaired) electrons. The number of hydrogen-bond donors (Lipinski definition) is 2. The Hall–Kier alpha value is -1.98. The van der Waals surface area contributed by atoms with Crippen molar-refractivity contribution < 1.29 is 32.5 Å². The van der Waals surface area contributed by atoms with Crippen LogP contribution >= 0.6 is 11.3 Å². The van der Waals surface area contributed by atoms with Gasteiger partial charge >= 0.3 is 5.97 Å². The Morgan fingerprint density at radius 2 is 2.07 bits per heavy atom. The zero-order chi connectivity index (χ0) is 19.9. The Bertz CT molecular complexity index is 850. The molecule has 2 aromatic rings. The summed E-state index contributed by atoms with van der Waals surface area (Å²) in [6, 6.07) is 7.65. The molecular formula is C17H21NO7S2. The van der Waals surface area contributed by atoms with Crippen LogP contribution in [0.2, 0.25) is 0 Å². The number of carbonyl (C=O) groups is 1. The number of carbonyl (C=O) groups excluding carboxylic acids is 1. The average Bonchev–Trinajstić information content (AvgIpc) is 3.21. The van der Waals surface area contributed by atoms with Crippen molar-refractivity contribution in [3.63, 3.8) is 0 Å². The summed E-state index contributed by atoms with van der Waals surface area (Å²) in [5, 5.41) is 10.8. The topological polar surface area (TPSA) is 111 Å². The normalized spacial score (nSPS) is 12.6. The molecule has 1 atom stereocenters. The highest BCUT2D eigenvalue weighted by molar-refractivity contribution is 7.89. The summed E-state index contributed by atoms with van der Waals surface area (Å²) in [6.45, 7) is -0.149. The molecule has 27 heavy (non-hydrogen) atoms. The summed E-state index contributed by atoms with van der Waals surface area (Å²) >= 11 is 1.42. The molecule has 1 heterocycles. The Kier molecular flexibility index (Phi) is 7.75. The Balaban J connectivity index is 2.25. The van der Waals surface area contributed by atoms with Crippen molar-refractivity contribution in [3.8, 4) is 5.75 Å². The number of nitrogens with one attached hydrogen (secondary N) is 1. The predicted octanol–water partition coefficient (Wildman–Crippen LogP) is 1.57. The van der Waals surface area contributed by atoms with Gasteiger partial charge in [-0.1, -0.05) is 6.07 Å². The number of sulfonamides is 1. The summed E-state index contributed by atoms with van der Waals surface area (Å²) in [6.07, 6.45) is -0.554. The highest BCUT2D eigenvalue weighted by Gasteiger charge is 2.24. The van der Waals surface area contributed by atoms with Gasteiger partial charge in [-0.15, -0.1) is 11.3 Å². The van der Waals surface area contributed by atoms with Crippen LogP contribution in [0.15, 0.2) is 40.6 Å². The van der Waals surface area contributed by atoms with Gasteiger partial charge in [-0.05, 0) is 29.6 Å². The number of methoxy groups -OCH3 is 2. The van der Waals surface area contributed by atoms with Crippen LogP contribution in [-0.4, -0.2) is 53.5 Å². The lowest BCUT2D eigenvalue weighted by molar-refractivity contribution is 0.0328. The highest BCUT2D eigenvalue weighted by atomic mass is 32.2. The van der Waals surface area contributed by atoms with Crippen molar-refractivity contribution in [2.75, 3.05) is 34.0 Å². The molecule has 0 unspecified atom stereocenters. The molecule has 0 aliphatic carbocycles. The number of hydrogen-bond acceptors (Lipinski definition) is 8. The van der Waals surface area contributed by atoms with E-state index in [0.717, 1.165) is 4.88 Å². The first-order chi connectivity index (χ1) is 12.9. The van der Waals surface area contributed by atoms with E-state index in [0.29, 0.717) is 0 Å². The fraction of sp³-hybridized carbons (Fsp3) is 0.353. The van der Waals surface area contributed by atoms with Crippen LogP contribution in [-0.2, 0) is 19.5 Å². The summed E-state index contributed by atoms with van der Waals surface area (Å²) in [5.41, 5.74) is 0.0880. The lowest BCUT2D eigenvalue weighted by Crippen LogP contribution is -2.30. The molecule has 0 spiro atoms. The maximum Gasteiger partial charge on any atom is 0.337 e. The van der Waals surface area contributed by atoms with Gasteiger partial charge in [-0.2, -0.15) is 0 Å². The molecule has 0 aliphatic rings. The number of rotatable bonds is 10. The SMILES string of the molecule is COC(=O)c1ccc(OC)c(S(=O)(=O)NC[C@@H](OCCO)c2cccs2)c1. The van der Waals surface area contributed by atoms with Gasteiger partial charge < -0.3 is 19.3 Å². The van der Waals surface area contributed by atoms with Crippen LogP contribution in [0.1, 0.15) is 21.3 Å². The van der Waals surface area contributed by atoms with Crippen LogP contribution in [0.4, 0.5) is 0 Å². The lowest BCUT2D eigenvalue weighted by Gasteiger charge is -2.18. The van der Waals surface area contributed by atoms with Crippen molar-refractivity contribution in [1.82, 2.24) is 4.72 Å². The van der Waals surface area contributed by atoms with Crippen LogP contribution in [0, 0.1) is 0 Å². The van der Waals surface area contributed by atoms with E-state index < -0.39 is 22.1 Å². The van der Waals surface area contributed by atoms with Gasteiger partial charge in [0.2, 0.25) is 10.0 Å². The Morgan fingerprint density at radius 3 is 2.67 bits per heavy atom. The van der Waals surface area contributed by atoms with E-state index in [9.17, 15) is 13.2 Å². The first kappa shape index (κ1) is 21.3. The third-order valence-electron chi connectivity index (χ3n) is 3.60. The quantitative estimate of drug-likeness (QED) is 0.567. The number of aliphatic hydroxyl groups is 1. The molecule has 0 saturated carbocycles. The first-order valence-electron chi connectivity index (χ1n) is 7.94. The Labute approximate surface area is 161 Å². The van der Waals surface area contributed by atoms with Gasteiger partial charge in [0, 0.05) is 11.4 Å². The second-order valence-corrected chi connectivity index (χ2v) is 8.02. The molecule has 2 N–H and O–H groups in total. The van der Waals surface area contributed by atoms with Crippen molar-refractivity contribution in [2.24, 2.45) is 0 Å². The maximum atomic E-state index is 12.8. The van der Waals surface area contributed by atoms with E-state index in [1.807, 2.05) is 17.5 Å².